The number of benzene rings is 1. The summed E-state index contributed by atoms with van der Waals surface area (Å²) in [6, 6.07) is 11.7. The number of hydrogen-bond acceptors (Lipinski definition) is 3. The van der Waals surface area contributed by atoms with Crippen LogP contribution >= 0.6 is 0 Å². The van der Waals surface area contributed by atoms with Gasteiger partial charge in [-0.3, -0.25) is 4.40 Å². The lowest BCUT2D eigenvalue weighted by atomic mass is 10.1. The molecular formula is C22H21FN4. The SMILES string of the molecule is C/C(F)=C\C=C/C#Cc1nc2cccc(N)n2c1Nc1c(C)cccc1C. The number of halogens is 1. The van der Waals surface area contributed by atoms with E-state index in [1.54, 1.807) is 12.2 Å². The second-order valence-corrected chi connectivity index (χ2v) is 6.23. The van der Waals surface area contributed by atoms with Gasteiger partial charge in [0.2, 0.25) is 0 Å². The average Bonchev–Trinajstić information content (AvgIpc) is 2.96. The molecule has 0 radical (unpaired) electrons. The summed E-state index contributed by atoms with van der Waals surface area (Å²) < 4.78 is 14.6. The van der Waals surface area contributed by atoms with Crippen LogP contribution in [-0.4, -0.2) is 9.38 Å². The van der Waals surface area contributed by atoms with Gasteiger partial charge in [-0.15, -0.1) is 0 Å². The van der Waals surface area contributed by atoms with Gasteiger partial charge >= 0.3 is 0 Å². The Labute approximate surface area is 158 Å². The van der Waals surface area contributed by atoms with E-state index in [1.807, 2.05) is 54.6 Å². The van der Waals surface area contributed by atoms with Crippen molar-refractivity contribution < 1.29 is 4.39 Å². The molecule has 0 aliphatic rings. The minimum atomic E-state index is -0.272. The maximum Gasteiger partial charge on any atom is 0.157 e. The monoisotopic (exact) mass is 360 g/mol. The van der Waals surface area contributed by atoms with Crippen molar-refractivity contribution in [3.63, 3.8) is 0 Å². The zero-order chi connectivity index (χ0) is 19.4. The normalized spacial score (nSPS) is 11.6. The topological polar surface area (TPSA) is 55.3 Å². The lowest BCUT2D eigenvalue weighted by Crippen LogP contribution is -2.03. The minimum Gasteiger partial charge on any atom is -0.385 e. The van der Waals surface area contributed by atoms with Crippen molar-refractivity contribution in [2.75, 3.05) is 11.1 Å². The summed E-state index contributed by atoms with van der Waals surface area (Å²) in [5.74, 6) is 6.92. The van der Waals surface area contributed by atoms with Crippen LogP contribution < -0.4 is 11.1 Å². The molecule has 0 aliphatic carbocycles. The Morgan fingerprint density at radius 3 is 2.59 bits per heavy atom. The molecular weight excluding hydrogens is 339 g/mol. The smallest absolute Gasteiger partial charge is 0.157 e. The van der Waals surface area contributed by atoms with Gasteiger partial charge in [0.1, 0.15) is 11.5 Å². The lowest BCUT2D eigenvalue weighted by Gasteiger charge is -2.13. The summed E-state index contributed by atoms with van der Waals surface area (Å²) in [5.41, 5.74) is 10.7. The molecule has 3 rings (SSSR count). The van der Waals surface area contributed by atoms with E-state index >= 15 is 0 Å². The number of nitrogen functional groups attached to an aromatic ring is 1. The fourth-order valence-corrected chi connectivity index (χ4v) is 2.79. The number of aromatic nitrogens is 2. The maximum absolute atomic E-state index is 12.7. The number of anilines is 3. The number of imidazole rings is 1. The average molecular weight is 360 g/mol. The number of nitrogens with two attached hydrogens (primary N) is 1. The summed E-state index contributed by atoms with van der Waals surface area (Å²) in [6.45, 7) is 5.47. The Morgan fingerprint density at radius 1 is 1.19 bits per heavy atom. The zero-order valence-corrected chi connectivity index (χ0v) is 15.5. The van der Waals surface area contributed by atoms with E-state index < -0.39 is 0 Å². The molecule has 0 fully saturated rings. The van der Waals surface area contributed by atoms with Crippen molar-refractivity contribution in [3.05, 3.63) is 77.3 Å². The number of allylic oxidation sites excluding steroid dienone is 4. The quantitative estimate of drug-likeness (QED) is 0.507. The molecule has 0 atom stereocenters. The number of nitrogens with zero attached hydrogens (tertiary/aromatic N) is 2. The fraction of sp³-hybridized carbons (Fsp3) is 0.136. The van der Waals surface area contributed by atoms with Gasteiger partial charge in [-0.25, -0.2) is 9.37 Å². The molecule has 0 aliphatic heterocycles. The molecule has 27 heavy (non-hydrogen) atoms. The van der Waals surface area contributed by atoms with E-state index in [-0.39, 0.29) is 5.83 Å². The highest BCUT2D eigenvalue weighted by Gasteiger charge is 2.14. The fourth-order valence-electron chi connectivity index (χ4n) is 2.79. The van der Waals surface area contributed by atoms with Crippen LogP contribution in [0.3, 0.4) is 0 Å². The Bertz CT molecular complexity index is 1090. The van der Waals surface area contributed by atoms with Gasteiger partial charge in [-0.1, -0.05) is 36.3 Å². The number of aryl methyl sites for hydroxylation is 2. The van der Waals surface area contributed by atoms with Crippen LogP contribution in [0, 0.1) is 25.7 Å². The first-order valence-electron chi connectivity index (χ1n) is 8.58. The molecule has 0 unspecified atom stereocenters. The maximum atomic E-state index is 12.7. The van der Waals surface area contributed by atoms with Gasteiger partial charge in [0, 0.05) is 5.69 Å². The Morgan fingerprint density at radius 2 is 1.89 bits per heavy atom. The molecule has 1 aromatic carbocycles. The third-order valence-corrected chi connectivity index (χ3v) is 4.09. The van der Waals surface area contributed by atoms with Crippen LogP contribution in [0.2, 0.25) is 0 Å². The third-order valence-electron chi connectivity index (χ3n) is 4.09. The molecule has 0 amide bonds. The first-order valence-corrected chi connectivity index (χ1v) is 8.58. The van der Waals surface area contributed by atoms with Crippen LogP contribution in [0.15, 0.2) is 60.5 Å². The minimum absolute atomic E-state index is 0.272. The molecule has 0 saturated carbocycles. The van der Waals surface area contributed by atoms with E-state index in [2.05, 4.69) is 22.1 Å². The van der Waals surface area contributed by atoms with Crippen molar-refractivity contribution >= 4 is 23.0 Å². The molecule has 136 valence electrons. The number of para-hydroxylation sites is 1. The second-order valence-electron chi connectivity index (χ2n) is 6.23. The van der Waals surface area contributed by atoms with Crippen molar-refractivity contribution in [3.8, 4) is 11.8 Å². The van der Waals surface area contributed by atoms with Crippen LogP contribution in [0.25, 0.3) is 5.65 Å². The van der Waals surface area contributed by atoms with Gasteiger partial charge in [0.15, 0.2) is 11.5 Å². The van der Waals surface area contributed by atoms with Crippen LogP contribution in [-0.2, 0) is 0 Å². The number of hydrogen-bond donors (Lipinski definition) is 2. The van der Waals surface area contributed by atoms with E-state index in [1.165, 1.54) is 13.0 Å². The van der Waals surface area contributed by atoms with Crippen molar-refractivity contribution in [1.82, 2.24) is 9.38 Å². The van der Waals surface area contributed by atoms with E-state index in [0.29, 0.717) is 23.0 Å². The largest absolute Gasteiger partial charge is 0.385 e. The summed E-state index contributed by atoms with van der Waals surface area (Å²) in [5, 5.41) is 3.45. The highest BCUT2D eigenvalue weighted by Crippen LogP contribution is 2.28. The predicted molar refractivity (Wildman–Crippen MR) is 110 cm³/mol. The summed E-state index contributed by atoms with van der Waals surface area (Å²) >= 11 is 0. The number of nitrogens with one attached hydrogen (secondary N) is 1. The Kier molecular flexibility index (Phi) is 5.28. The molecule has 0 spiro atoms. The van der Waals surface area contributed by atoms with Crippen molar-refractivity contribution in [2.45, 2.75) is 20.8 Å². The predicted octanol–water partition coefficient (Wildman–Crippen LogP) is 5.06. The van der Waals surface area contributed by atoms with Crippen LogP contribution in [0.5, 0.6) is 0 Å². The second kappa shape index (κ2) is 7.79. The Hall–Kier alpha value is -3.52. The summed E-state index contributed by atoms with van der Waals surface area (Å²) in [6.07, 6.45) is 4.50. The summed E-state index contributed by atoms with van der Waals surface area (Å²) in [4.78, 5) is 4.59. The lowest BCUT2D eigenvalue weighted by molar-refractivity contribution is 0.640. The third kappa shape index (κ3) is 4.01. The molecule has 2 heterocycles. The number of fused-ring (bicyclic) bond motifs is 1. The molecule has 0 bridgehead atoms. The first kappa shape index (κ1) is 18.3. The molecule has 3 aromatic rings. The van der Waals surface area contributed by atoms with Gasteiger partial charge in [0.25, 0.3) is 0 Å². The van der Waals surface area contributed by atoms with Gasteiger partial charge in [-0.05, 0) is 62.1 Å². The Balaban J connectivity index is 2.10. The first-order chi connectivity index (χ1) is 13.0. The highest BCUT2D eigenvalue weighted by molar-refractivity contribution is 5.73. The molecule has 2 aromatic heterocycles. The van der Waals surface area contributed by atoms with Crippen molar-refractivity contribution in [2.24, 2.45) is 0 Å². The molecule has 3 N–H and O–H groups in total. The van der Waals surface area contributed by atoms with Crippen molar-refractivity contribution in [1.29, 1.82) is 0 Å². The number of rotatable bonds is 3. The van der Waals surface area contributed by atoms with E-state index in [0.717, 1.165) is 16.8 Å². The highest BCUT2D eigenvalue weighted by atomic mass is 19.1. The van der Waals surface area contributed by atoms with Crippen LogP contribution in [0.1, 0.15) is 23.7 Å². The summed E-state index contributed by atoms with van der Waals surface area (Å²) in [7, 11) is 0. The van der Waals surface area contributed by atoms with Gasteiger partial charge in [-0.2, -0.15) is 0 Å². The molecule has 5 heteroatoms. The van der Waals surface area contributed by atoms with Crippen LogP contribution in [0.4, 0.5) is 21.7 Å². The van der Waals surface area contributed by atoms with Gasteiger partial charge in [0.05, 0.1) is 5.83 Å². The molecule has 4 nitrogen and oxygen atoms in total. The van der Waals surface area contributed by atoms with Gasteiger partial charge < -0.3 is 11.1 Å². The van der Waals surface area contributed by atoms with E-state index in [9.17, 15) is 4.39 Å². The standard InChI is InChI=1S/C22H21FN4/c1-15-9-7-10-16(2)21(15)26-22-18(12-6-4-5-11-17(3)23)25-20-14-8-13-19(24)27(20)22/h4-5,7-11,13-14,26H,24H2,1-3H3/b5-4-,17-11+. The molecule has 0 saturated heterocycles. The number of pyridine rings is 1. The zero-order valence-electron chi connectivity index (χ0n) is 15.5. The van der Waals surface area contributed by atoms with E-state index in [4.69, 9.17) is 5.73 Å².